The monoisotopic (exact) mass is 266 g/mol. The predicted molar refractivity (Wildman–Crippen MR) is 67.8 cm³/mol. The van der Waals surface area contributed by atoms with Gasteiger partial charge in [-0.05, 0) is 19.2 Å². The van der Waals surface area contributed by atoms with Crippen molar-refractivity contribution in [3.63, 3.8) is 0 Å². The zero-order valence-electron chi connectivity index (χ0n) is 10.9. The van der Waals surface area contributed by atoms with Crippen molar-refractivity contribution in [2.45, 2.75) is 6.54 Å². The molecule has 1 aromatic heterocycles. The van der Waals surface area contributed by atoms with Crippen LogP contribution in [0.25, 0.3) is 0 Å². The minimum Gasteiger partial charge on any atom is -0.467 e. The van der Waals surface area contributed by atoms with E-state index in [2.05, 4.69) is 15.6 Å². The second-order valence-electron chi connectivity index (χ2n) is 4.49. The number of hydrogen-bond acceptors (Lipinski definition) is 5. The van der Waals surface area contributed by atoms with Crippen molar-refractivity contribution in [1.82, 2.24) is 20.7 Å². The molecule has 19 heavy (non-hydrogen) atoms. The Morgan fingerprint density at radius 3 is 2.63 bits per heavy atom. The van der Waals surface area contributed by atoms with Crippen molar-refractivity contribution < 1.29 is 14.0 Å². The molecule has 0 bridgehead atoms. The third-order valence-electron chi connectivity index (χ3n) is 2.97. The van der Waals surface area contributed by atoms with Crippen LogP contribution in [0, 0.1) is 0 Å². The Hall–Kier alpha value is -1.86. The molecule has 2 rings (SSSR count). The fraction of sp³-hybridized carbons (Fsp3) is 0.500. The van der Waals surface area contributed by atoms with E-state index < -0.39 is 11.8 Å². The van der Waals surface area contributed by atoms with Crippen LogP contribution in [0.2, 0.25) is 0 Å². The van der Waals surface area contributed by atoms with E-state index in [4.69, 9.17) is 4.42 Å². The van der Waals surface area contributed by atoms with Gasteiger partial charge in [0.1, 0.15) is 5.76 Å². The number of hydrogen-bond donors (Lipinski definition) is 2. The van der Waals surface area contributed by atoms with Crippen molar-refractivity contribution in [3.8, 4) is 0 Å². The molecule has 7 heteroatoms. The van der Waals surface area contributed by atoms with E-state index in [9.17, 15) is 9.59 Å². The topological polar surface area (TPSA) is 77.8 Å². The number of nitrogens with one attached hydrogen (secondary N) is 2. The molecule has 1 aliphatic heterocycles. The number of likely N-dealkylation sites (N-methyl/N-ethyl adjacent to an activating group) is 1. The zero-order chi connectivity index (χ0) is 13.7. The molecular weight excluding hydrogens is 248 g/mol. The Morgan fingerprint density at radius 1 is 1.26 bits per heavy atom. The highest BCUT2D eigenvalue weighted by Gasteiger charge is 2.19. The number of piperazine rings is 1. The van der Waals surface area contributed by atoms with Crippen LogP contribution >= 0.6 is 0 Å². The fourth-order valence-corrected chi connectivity index (χ4v) is 1.77. The molecule has 1 aromatic rings. The number of nitrogens with zero attached hydrogens (tertiary/aromatic N) is 2. The summed E-state index contributed by atoms with van der Waals surface area (Å²) in [7, 11) is 2.02. The number of amides is 2. The lowest BCUT2D eigenvalue weighted by molar-refractivity contribution is -0.142. The number of carbonyl (C=O) groups is 2. The number of rotatable bonds is 3. The molecule has 0 aliphatic carbocycles. The highest BCUT2D eigenvalue weighted by molar-refractivity contribution is 6.34. The van der Waals surface area contributed by atoms with Crippen molar-refractivity contribution in [1.29, 1.82) is 0 Å². The second-order valence-corrected chi connectivity index (χ2v) is 4.49. The van der Waals surface area contributed by atoms with Crippen LogP contribution in [0.4, 0.5) is 0 Å². The van der Waals surface area contributed by atoms with Gasteiger partial charge in [-0.2, -0.15) is 0 Å². The number of carbonyl (C=O) groups excluding carboxylic acids is 2. The van der Waals surface area contributed by atoms with Crippen LogP contribution in [-0.4, -0.2) is 54.9 Å². The minimum absolute atomic E-state index is 0.210. The molecule has 2 heterocycles. The normalized spacial score (nSPS) is 17.1. The van der Waals surface area contributed by atoms with E-state index in [1.54, 1.807) is 17.1 Å². The zero-order valence-corrected chi connectivity index (χ0v) is 10.9. The average Bonchev–Trinajstić information content (AvgIpc) is 2.91. The largest absolute Gasteiger partial charge is 0.467 e. The first-order valence-electron chi connectivity index (χ1n) is 6.20. The summed E-state index contributed by atoms with van der Waals surface area (Å²) in [6.45, 7) is 3.38. The number of furan rings is 1. The van der Waals surface area contributed by atoms with Crippen LogP contribution in [0.15, 0.2) is 22.8 Å². The quantitative estimate of drug-likeness (QED) is 0.699. The first-order valence-corrected chi connectivity index (χ1v) is 6.20. The molecule has 0 unspecified atom stereocenters. The van der Waals surface area contributed by atoms with E-state index >= 15 is 0 Å². The fourth-order valence-electron chi connectivity index (χ4n) is 1.77. The average molecular weight is 266 g/mol. The molecule has 2 N–H and O–H groups in total. The smallest absolute Gasteiger partial charge is 0.323 e. The lowest BCUT2D eigenvalue weighted by Gasteiger charge is -2.32. The van der Waals surface area contributed by atoms with Crippen molar-refractivity contribution >= 4 is 11.8 Å². The first-order chi connectivity index (χ1) is 9.15. The van der Waals surface area contributed by atoms with Gasteiger partial charge < -0.3 is 14.6 Å². The van der Waals surface area contributed by atoms with E-state index in [-0.39, 0.29) is 6.54 Å². The van der Waals surface area contributed by atoms with Gasteiger partial charge in [0, 0.05) is 26.2 Å². The van der Waals surface area contributed by atoms with Gasteiger partial charge in [0.2, 0.25) is 0 Å². The molecule has 2 amide bonds. The van der Waals surface area contributed by atoms with Gasteiger partial charge in [-0.3, -0.25) is 15.0 Å². The maximum Gasteiger partial charge on any atom is 0.323 e. The van der Waals surface area contributed by atoms with Crippen molar-refractivity contribution in [2.75, 3.05) is 33.2 Å². The van der Waals surface area contributed by atoms with E-state index in [1.807, 2.05) is 7.05 Å². The van der Waals surface area contributed by atoms with Crippen molar-refractivity contribution in [3.05, 3.63) is 24.2 Å². The Balaban J connectivity index is 1.71. The summed E-state index contributed by atoms with van der Waals surface area (Å²) in [4.78, 5) is 25.4. The molecule has 0 aromatic carbocycles. The van der Waals surface area contributed by atoms with Crippen LogP contribution < -0.4 is 10.7 Å². The summed E-state index contributed by atoms with van der Waals surface area (Å²) < 4.78 is 5.06. The van der Waals surface area contributed by atoms with Gasteiger partial charge in [-0.1, -0.05) is 0 Å². The molecule has 7 nitrogen and oxygen atoms in total. The summed E-state index contributed by atoms with van der Waals surface area (Å²) >= 11 is 0. The van der Waals surface area contributed by atoms with Crippen molar-refractivity contribution in [2.24, 2.45) is 0 Å². The van der Waals surface area contributed by atoms with Crippen LogP contribution in [0.5, 0.6) is 0 Å². The summed E-state index contributed by atoms with van der Waals surface area (Å²) in [6.07, 6.45) is 1.52. The standard InChI is InChI=1S/C12H18N4O3/c1-15-4-6-16(7-5-15)14-12(18)11(17)13-9-10-3-2-8-19-10/h2-3,8H,4-7,9H2,1H3,(H,13,17)(H,14,18). The second kappa shape index (κ2) is 6.35. The van der Waals surface area contributed by atoms with E-state index in [0.717, 1.165) is 13.1 Å². The maximum absolute atomic E-state index is 11.6. The third kappa shape index (κ3) is 4.08. The predicted octanol–water partition coefficient (Wildman–Crippen LogP) is -0.826. The molecule has 104 valence electrons. The van der Waals surface area contributed by atoms with Crippen LogP contribution in [0.1, 0.15) is 5.76 Å². The molecule has 1 fully saturated rings. The Morgan fingerprint density at radius 2 is 2.00 bits per heavy atom. The summed E-state index contributed by atoms with van der Waals surface area (Å²) in [6, 6.07) is 3.46. The Kier molecular flexibility index (Phi) is 4.53. The third-order valence-corrected chi connectivity index (χ3v) is 2.97. The van der Waals surface area contributed by atoms with Gasteiger partial charge in [-0.25, -0.2) is 5.01 Å². The van der Waals surface area contributed by atoms with Gasteiger partial charge in [0.15, 0.2) is 0 Å². The molecule has 1 aliphatic rings. The van der Waals surface area contributed by atoms with E-state index in [1.165, 1.54) is 6.26 Å². The summed E-state index contributed by atoms with van der Waals surface area (Å²) in [5, 5.41) is 4.26. The molecule has 0 radical (unpaired) electrons. The van der Waals surface area contributed by atoms with Crippen LogP contribution in [-0.2, 0) is 16.1 Å². The SMILES string of the molecule is CN1CCN(NC(=O)C(=O)NCc2ccco2)CC1. The molecule has 0 atom stereocenters. The molecule has 1 saturated heterocycles. The summed E-state index contributed by atoms with van der Waals surface area (Å²) in [5.41, 5.74) is 2.59. The lowest BCUT2D eigenvalue weighted by atomic mass is 10.4. The summed E-state index contributed by atoms with van der Waals surface area (Å²) in [5.74, 6) is -0.688. The molecule has 0 saturated carbocycles. The highest BCUT2D eigenvalue weighted by Crippen LogP contribution is 1.98. The Labute approximate surface area is 111 Å². The maximum atomic E-state index is 11.6. The van der Waals surface area contributed by atoms with Gasteiger partial charge in [0.25, 0.3) is 0 Å². The minimum atomic E-state index is -0.657. The highest BCUT2D eigenvalue weighted by atomic mass is 16.3. The Bertz CT molecular complexity index is 424. The number of hydrazine groups is 1. The van der Waals surface area contributed by atoms with Crippen LogP contribution in [0.3, 0.4) is 0 Å². The van der Waals surface area contributed by atoms with Gasteiger partial charge >= 0.3 is 11.8 Å². The lowest BCUT2D eigenvalue weighted by Crippen LogP contribution is -2.55. The van der Waals surface area contributed by atoms with Gasteiger partial charge in [-0.15, -0.1) is 0 Å². The van der Waals surface area contributed by atoms with E-state index in [0.29, 0.717) is 18.8 Å². The first kappa shape index (κ1) is 13.6. The molecule has 0 spiro atoms. The van der Waals surface area contributed by atoms with Gasteiger partial charge in [0.05, 0.1) is 12.8 Å². The molecular formula is C12H18N4O3.